The van der Waals surface area contributed by atoms with Crippen molar-refractivity contribution < 1.29 is 32.2 Å². The zero-order valence-electron chi connectivity index (χ0n) is 22.7. The molecule has 0 spiro atoms. The molecule has 212 valence electrons. The molecule has 1 atom stereocenters. The number of fused-ring (bicyclic) bond motifs is 3. The van der Waals surface area contributed by atoms with E-state index in [4.69, 9.17) is 21.1 Å². The maximum atomic E-state index is 13.2. The van der Waals surface area contributed by atoms with Crippen LogP contribution in [-0.4, -0.2) is 42.3 Å². The minimum atomic E-state index is -4.57. The predicted octanol–water partition coefficient (Wildman–Crippen LogP) is 7.88. The lowest BCUT2D eigenvalue weighted by Crippen LogP contribution is -2.46. The van der Waals surface area contributed by atoms with Gasteiger partial charge in [-0.2, -0.15) is 13.2 Å². The van der Waals surface area contributed by atoms with E-state index in [1.165, 1.54) is 24.1 Å². The molecule has 0 N–H and O–H groups in total. The van der Waals surface area contributed by atoms with E-state index in [1.54, 1.807) is 20.8 Å². The highest BCUT2D eigenvalue weighted by Crippen LogP contribution is 2.44. The molecule has 40 heavy (non-hydrogen) atoms. The summed E-state index contributed by atoms with van der Waals surface area (Å²) in [6.45, 7) is 5.22. The topological polar surface area (TPSA) is 55.8 Å². The van der Waals surface area contributed by atoms with E-state index >= 15 is 0 Å². The summed E-state index contributed by atoms with van der Waals surface area (Å²) >= 11 is 5.87. The molecule has 0 aromatic heterocycles. The molecule has 9 heteroatoms. The van der Waals surface area contributed by atoms with Crippen molar-refractivity contribution in [1.82, 2.24) is 4.90 Å². The summed E-state index contributed by atoms with van der Waals surface area (Å²) < 4.78 is 50.6. The van der Waals surface area contributed by atoms with Crippen molar-refractivity contribution in [2.24, 2.45) is 0 Å². The summed E-state index contributed by atoms with van der Waals surface area (Å²) in [6, 6.07) is 18.3. The van der Waals surface area contributed by atoms with Crippen molar-refractivity contribution in [3.05, 3.63) is 94.0 Å². The Balaban J connectivity index is 1.49. The van der Waals surface area contributed by atoms with Crippen LogP contribution in [0, 0.1) is 0 Å². The van der Waals surface area contributed by atoms with E-state index in [0.29, 0.717) is 5.56 Å². The Kier molecular flexibility index (Phi) is 8.49. The molecule has 1 amide bonds. The monoisotopic (exact) mass is 573 g/mol. The highest BCUT2D eigenvalue weighted by atomic mass is 35.5. The average molecular weight is 574 g/mol. The van der Waals surface area contributed by atoms with Gasteiger partial charge in [0, 0.05) is 13.0 Å². The fraction of sp³-hybridized carbons (Fsp3) is 0.355. The quantitative estimate of drug-likeness (QED) is 0.270. The Labute approximate surface area is 236 Å². The number of aryl methyl sites for hydroxylation is 1. The summed E-state index contributed by atoms with van der Waals surface area (Å²) in [5.41, 5.74) is 3.05. The number of carbonyl (C=O) groups is 2. The van der Waals surface area contributed by atoms with Crippen LogP contribution in [0.15, 0.2) is 66.7 Å². The van der Waals surface area contributed by atoms with Gasteiger partial charge >= 0.3 is 18.2 Å². The second-order valence-electron chi connectivity index (χ2n) is 10.8. The number of halogens is 4. The van der Waals surface area contributed by atoms with Crippen LogP contribution in [0.4, 0.5) is 18.0 Å². The third kappa shape index (κ3) is 6.61. The van der Waals surface area contributed by atoms with Crippen LogP contribution in [0.5, 0.6) is 0 Å². The number of esters is 1. The third-order valence-electron chi connectivity index (χ3n) is 6.82. The van der Waals surface area contributed by atoms with Gasteiger partial charge in [0.1, 0.15) is 18.2 Å². The number of rotatable bonds is 7. The maximum absolute atomic E-state index is 13.2. The minimum Gasteiger partial charge on any atom is -0.458 e. The number of ether oxygens (including phenoxy) is 2. The summed E-state index contributed by atoms with van der Waals surface area (Å²) in [7, 11) is 1.45. The van der Waals surface area contributed by atoms with Crippen LogP contribution in [0.3, 0.4) is 0 Å². The van der Waals surface area contributed by atoms with E-state index < -0.39 is 40.5 Å². The summed E-state index contributed by atoms with van der Waals surface area (Å²) in [4.78, 5) is 27.5. The first kappa shape index (κ1) is 29.5. The van der Waals surface area contributed by atoms with E-state index in [0.717, 1.165) is 28.3 Å². The second-order valence-corrected chi connectivity index (χ2v) is 11.2. The fourth-order valence-electron chi connectivity index (χ4n) is 4.91. The summed E-state index contributed by atoms with van der Waals surface area (Å²) in [6.07, 6.45) is -5.00. The van der Waals surface area contributed by atoms with Gasteiger partial charge in [0.05, 0.1) is 10.6 Å². The van der Waals surface area contributed by atoms with Crippen LogP contribution < -0.4 is 0 Å². The maximum Gasteiger partial charge on any atom is 0.417 e. The lowest BCUT2D eigenvalue weighted by molar-refractivity contribution is -0.160. The number of nitrogens with zero attached hydrogens (tertiary/aromatic N) is 1. The summed E-state index contributed by atoms with van der Waals surface area (Å²) in [5, 5.41) is -0.427. The lowest BCUT2D eigenvalue weighted by Gasteiger charge is -2.30. The first-order valence-corrected chi connectivity index (χ1v) is 13.3. The second kappa shape index (κ2) is 11.5. The molecule has 0 fully saturated rings. The van der Waals surface area contributed by atoms with Crippen LogP contribution in [0.25, 0.3) is 11.1 Å². The normalized spacial score (nSPS) is 13.8. The van der Waals surface area contributed by atoms with E-state index in [1.807, 2.05) is 48.5 Å². The van der Waals surface area contributed by atoms with Gasteiger partial charge in [-0.1, -0.05) is 66.2 Å². The van der Waals surface area contributed by atoms with Crippen molar-refractivity contribution in [1.29, 1.82) is 0 Å². The number of carbonyl (C=O) groups excluding carboxylic acids is 2. The number of amides is 1. The summed E-state index contributed by atoms with van der Waals surface area (Å²) in [5.74, 6) is -0.791. The molecule has 1 aliphatic carbocycles. The Bertz CT molecular complexity index is 1350. The van der Waals surface area contributed by atoms with E-state index in [-0.39, 0.29) is 25.4 Å². The number of hydrogen-bond acceptors (Lipinski definition) is 4. The standard InChI is InChI=1S/C31H31ClF3NO4/c1-30(2,3)40-28(37)27(16-14-19-13-15-25(26(32)17-19)31(33,34)35)36(4)29(38)39-18-24-22-11-7-5-9-20(22)21-10-6-8-12-23(21)24/h5-13,15,17,24,27H,14,16,18H2,1-4H3. The first-order valence-electron chi connectivity index (χ1n) is 12.9. The number of hydrogen-bond donors (Lipinski definition) is 0. The van der Waals surface area contributed by atoms with Gasteiger partial charge in [0.2, 0.25) is 0 Å². The molecule has 0 radical (unpaired) electrons. The number of likely N-dealkylation sites (N-methyl/N-ethyl adjacent to an activating group) is 1. The van der Waals surface area contributed by atoms with Gasteiger partial charge in [0.15, 0.2) is 0 Å². The molecule has 1 aliphatic rings. The van der Waals surface area contributed by atoms with Crippen molar-refractivity contribution in [2.45, 2.75) is 57.3 Å². The average Bonchev–Trinajstić information content (AvgIpc) is 3.19. The van der Waals surface area contributed by atoms with Crippen molar-refractivity contribution in [3.8, 4) is 11.1 Å². The fourth-order valence-corrected chi connectivity index (χ4v) is 5.22. The number of benzene rings is 3. The van der Waals surface area contributed by atoms with Gasteiger partial charge < -0.3 is 9.47 Å². The van der Waals surface area contributed by atoms with Crippen molar-refractivity contribution >= 4 is 23.7 Å². The molecule has 3 aromatic rings. The minimum absolute atomic E-state index is 0.0761. The molecule has 1 unspecified atom stereocenters. The smallest absolute Gasteiger partial charge is 0.417 e. The van der Waals surface area contributed by atoms with Crippen molar-refractivity contribution in [2.75, 3.05) is 13.7 Å². The van der Waals surface area contributed by atoms with Crippen LogP contribution >= 0.6 is 11.6 Å². The third-order valence-corrected chi connectivity index (χ3v) is 7.13. The van der Waals surface area contributed by atoms with Gasteiger partial charge in [0.25, 0.3) is 0 Å². The molecule has 0 aliphatic heterocycles. The molecule has 0 saturated heterocycles. The van der Waals surface area contributed by atoms with Crippen LogP contribution in [0.2, 0.25) is 5.02 Å². The largest absolute Gasteiger partial charge is 0.458 e. The van der Waals surface area contributed by atoms with Crippen molar-refractivity contribution in [3.63, 3.8) is 0 Å². The predicted molar refractivity (Wildman–Crippen MR) is 147 cm³/mol. The zero-order chi connectivity index (χ0) is 29.2. The molecule has 4 rings (SSSR count). The van der Waals surface area contributed by atoms with Gasteiger partial charge in [-0.05, 0) is 73.6 Å². The lowest BCUT2D eigenvalue weighted by atomic mass is 9.98. The molecule has 0 bridgehead atoms. The zero-order valence-corrected chi connectivity index (χ0v) is 23.5. The van der Waals surface area contributed by atoms with E-state index in [9.17, 15) is 22.8 Å². The highest BCUT2D eigenvalue weighted by Gasteiger charge is 2.35. The highest BCUT2D eigenvalue weighted by molar-refractivity contribution is 6.31. The molecular formula is C31H31ClF3NO4. The molecular weight excluding hydrogens is 543 g/mol. The molecule has 3 aromatic carbocycles. The van der Waals surface area contributed by atoms with Crippen LogP contribution in [0.1, 0.15) is 55.4 Å². The Morgan fingerprint density at radius 3 is 2.05 bits per heavy atom. The SMILES string of the molecule is CN(C(=O)OCC1c2ccccc2-c2ccccc21)C(CCc1ccc(C(F)(F)F)c(Cl)c1)C(=O)OC(C)(C)C. The Hall–Kier alpha value is -3.52. The molecule has 0 heterocycles. The van der Waals surface area contributed by atoms with Gasteiger partial charge in [-0.3, -0.25) is 4.90 Å². The molecule has 5 nitrogen and oxygen atoms in total. The molecule has 0 saturated carbocycles. The number of alkyl halides is 3. The first-order chi connectivity index (χ1) is 18.8. The van der Waals surface area contributed by atoms with Crippen LogP contribution in [-0.2, 0) is 26.9 Å². The van der Waals surface area contributed by atoms with E-state index in [2.05, 4.69) is 0 Å². The Morgan fingerprint density at radius 2 is 1.52 bits per heavy atom. The Morgan fingerprint density at radius 1 is 0.950 bits per heavy atom. The van der Waals surface area contributed by atoms with Gasteiger partial charge in [-0.25, -0.2) is 9.59 Å². The van der Waals surface area contributed by atoms with Gasteiger partial charge in [-0.15, -0.1) is 0 Å².